The third-order valence-electron chi connectivity index (χ3n) is 8.33. The monoisotopic (exact) mass is 525 g/mol. The molecule has 190 valence electrons. The first-order valence-electron chi connectivity index (χ1n) is 16.2. The normalized spacial score (nSPS) is 13.6. The molecule has 1 heterocycles. The minimum Gasteiger partial charge on any atom is -0.455 e. The molecular weight excluding hydrogens is 496 g/mol. The maximum absolute atomic E-state index is 8.61. The summed E-state index contributed by atoms with van der Waals surface area (Å²) in [5.41, 5.74) is 4.44. The van der Waals surface area contributed by atoms with Crippen molar-refractivity contribution in [1.82, 2.24) is 0 Å². The van der Waals surface area contributed by atoms with Gasteiger partial charge in [0.25, 0.3) is 0 Å². The summed E-state index contributed by atoms with van der Waals surface area (Å²) in [6.07, 6.45) is 0. The molecule has 0 aliphatic rings. The highest BCUT2D eigenvalue weighted by Gasteiger charge is 2.19. The van der Waals surface area contributed by atoms with Crippen LogP contribution in [0.4, 0.5) is 0 Å². The van der Waals surface area contributed by atoms with Crippen LogP contribution in [-0.2, 0) is 0 Å². The lowest BCUT2D eigenvalue weighted by molar-refractivity contribution is 0.673. The van der Waals surface area contributed by atoms with E-state index in [1.54, 1.807) is 0 Å². The van der Waals surface area contributed by atoms with Crippen molar-refractivity contribution in [2.24, 2.45) is 0 Å². The number of hydrogen-bond donors (Lipinski definition) is 0. The third kappa shape index (κ3) is 3.24. The first-order valence-corrected chi connectivity index (χ1v) is 13.7. The Morgan fingerprint density at radius 3 is 2.07 bits per heavy atom. The van der Waals surface area contributed by atoms with Gasteiger partial charge in [0.1, 0.15) is 11.2 Å². The molecule has 9 rings (SSSR count). The van der Waals surface area contributed by atoms with E-state index < -0.39 is 6.04 Å². The lowest BCUT2D eigenvalue weighted by atomic mass is 9.88. The summed E-state index contributed by atoms with van der Waals surface area (Å²) in [4.78, 5) is 0. The van der Waals surface area contributed by atoms with Crippen LogP contribution >= 0.6 is 0 Å². The van der Waals surface area contributed by atoms with Gasteiger partial charge in [-0.2, -0.15) is 0 Å². The number of furan rings is 1. The predicted molar refractivity (Wildman–Crippen MR) is 175 cm³/mol. The van der Waals surface area contributed by atoms with E-state index in [-0.39, 0.29) is 29.7 Å². The lowest BCUT2D eigenvalue weighted by Gasteiger charge is -2.15. The molecule has 0 atom stereocenters. The van der Waals surface area contributed by atoms with Crippen LogP contribution in [0.3, 0.4) is 0 Å². The van der Waals surface area contributed by atoms with Gasteiger partial charge in [-0.1, -0.05) is 127 Å². The van der Waals surface area contributed by atoms with Crippen molar-refractivity contribution in [2.75, 3.05) is 0 Å². The van der Waals surface area contributed by atoms with Gasteiger partial charge in [-0.25, -0.2) is 0 Å². The molecule has 1 nitrogen and oxygen atoms in total. The zero-order chi connectivity index (χ0) is 31.3. The Balaban J connectivity index is 1.38. The van der Waals surface area contributed by atoms with E-state index in [1.807, 2.05) is 42.5 Å². The molecule has 0 amide bonds. The molecule has 0 unspecified atom stereocenters. The van der Waals surface area contributed by atoms with Crippen molar-refractivity contribution in [2.45, 2.75) is 0 Å². The molecule has 1 aromatic heterocycles. The summed E-state index contributed by atoms with van der Waals surface area (Å²) in [5, 5.41) is 10.7. The van der Waals surface area contributed by atoms with Crippen molar-refractivity contribution in [1.29, 1.82) is 0 Å². The zero-order valence-electron chi connectivity index (χ0n) is 26.9. The van der Waals surface area contributed by atoms with Gasteiger partial charge in [0, 0.05) is 16.2 Å². The summed E-state index contributed by atoms with van der Waals surface area (Å²) in [5.74, 6) is 0. The number of hydrogen-bond acceptors (Lipinski definition) is 1. The minimum absolute atomic E-state index is 0.183. The van der Waals surface area contributed by atoms with Crippen LogP contribution in [0.2, 0.25) is 0 Å². The van der Waals surface area contributed by atoms with E-state index in [0.29, 0.717) is 11.1 Å². The second-order valence-electron chi connectivity index (χ2n) is 10.5. The Hall–Kier alpha value is -5.40. The van der Waals surface area contributed by atoms with E-state index >= 15 is 0 Å². The first kappa shape index (κ1) is 18.0. The minimum atomic E-state index is -0.403. The molecule has 41 heavy (non-hydrogen) atoms. The summed E-state index contributed by atoms with van der Waals surface area (Å²) >= 11 is 0. The largest absolute Gasteiger partial charge is 0.455 e. The quantitative estimate of drug-likeness (QED) is 0.162. The van der Waals surface area contributed by atoms with Crippen LogP contribution in [0.25, 0.3) is 87.3 Å². The summed E-state index contributed by atoms with van der Waals surface area (Å²) in [6, 6.07) is 38.0. The molecule has 0 aliphatic carbocycles. The molecule has 0 bridgehead atoms. The zero-order valence-corrected chi connectivity index (χ0v) is 21.9. The molecule has 9 aromatic rings. The maximum atomic E-state index is 8.61. The fourth-order valence-electron chi connectivity index (χ4n) is 6.56. The van der Waals surface area contributed by atoms with Crippen LogP contribution in [0.5, 0.6) is 0 Å². The van der Waals surface area contributed by atoms with Crippen molar-refractivity contribution in [3.63, 3.8) is 0 Å². The summed E-state index contributed by atoms with van der Waals surface area (Å²) in [7, 11) is 0. The van der Waals surface area contributed by atoms with Gasteiger partial charge in [-0.15, -0.1) is 0 Å². The Labute approximate surface area is 243 Å². The molecule has 0 saturated heterocycles. The van der Waals surface area contributed by atoms with Gasteiger partial charge >= 0.3 is 0 Å². The van der Waals surface area contributed by atoms with Crippen molar-refractivity contribution in [3.05, 3.63) is 145 Å². The third-order valence-corrected chi connectivity index (χ3v) is 8.33. The van der Waals surface area contributed by atoms with E-state index in [0.717, 1.165) is 43.6 Å². The topological polar surface area (TPSA) is 13.1 Å². The number of rotatable bonds is 2. The molecule has 0 fully saturated rings. The Morgan fingerprint density at radius 2 is 1.17 bits per heavy atom. The lowest BCUT2D eigenvalue weighted by Crippen LogP contribution is -1.88. The SMILES string of the molecule is [2H]c1c([2H])c([2H])c(-c2cccc3c2ccc2c3oc3cccc(-c4c5ccccc5cc5c4ccc4ccccc45)c32)c([2H])c1[2H]. The number of benzene rings is 8. The predicted octanol–water partition coefficient (Wildman–Crippen LogP) is 11.5. The molecule has 0 N–H and O–H groups in total. The van der Waals surface area contributed by atoms with Crippen LogP contribution in [-0.4, -0.2) is 0 Å². The van der Waals surface area contributed by atoms with Gasteiger partial charge < -0.3 is 4.42 Å². The first-order chi connectivity index (χ1) is 22.4. The van der Waals surface area contributed by atoms with Gasteiger partial charge in [-0.3, -0.25) is 0 Å². The fourth-order valence-corrected chi connectivity index (χ4v) is 6.56. The molecule has 0 radical (unpaired) electrons. The molecular formula is C40H24O. The van der Waals surface area contributed by atoms with Crippen LogP contribution in [0, 0.1) is 0 Å². The summed E-state index contributed by atoms with van der Waals surface area (Å²) < 4.78 is 48.4. The average Bonchev–Trinajstić information content (AvgIpc) is 3.49. The van der Waals surface area contributed by atoms with Gasteiger partial charge in [-0.05, 0) is 78.2 Å². The van der Waals surface area contributed by atoms with Crippen molar-refractivity contribution >= 4 is 65.0 Å². The smallest absolute Gasteiger partial charge is 0.143 e. The molecule has 0 aliphatic heterocycles. The van der Waals surface area contributed by atoms with Crippen LogP contribution < -0.4 is 0 Å². The van der Waals surface area contributed by atoms with Crippen LogP contribution in [0.15, 0.2) is 150 Å². The highest BCUT2D eigenvalue weighted by atomic mass is 16.3. The Kier molecular flexibility index (Phi) is 3.76. The second kappa shape index (κ2) is 8.55. The van der Waals surface area contributed by atoms with E-state index in [9.17, 15) is 0 Å². The molecule has 8 aromatic carbocycles. The van der Waals surface area contributed by atoms with Gasteiger partial charge in [0.05, 0.1) is 6.85 Å². The van der Waals surface area contributed by atoms with E-state index in [4.69, 9.17) is 11.3 Å². The standard InChI is InChI=1S/C40H24O/c1-2-10-25(11-3-1)28-16-8-17-33-31(28)22-23-35-39-34(18-9-19-37(39)41-40(33)35)38-30-15-7-5-13-27(30)24-36-29-14-6-4-12-26(29)20-21-32(36)38/h1-24H/i1D,2D,3D,10D,11D. The van der Waals surface area contributed by atoms with Gasteiger partial charge in [0.2, 0.25) is 0 Å². The highest BCUT2D eigenvalue weighted by Crippen LogP contribution is 2.45. The summed E-state index contributed by atoms with van der Waals surface area (Å²) in [6.45, 7) is 0. The average molecular weight is 526 g/mol. The van der Waals surface area contributed by atoms with E-state index in [2.05, 4.69) is 72.8 Å². The maximum Gasteiger partial charge on any atom is 0.143 e. The fraction of sp³-hybridized carbons (Fsp3) is 0. The number of fused-ring (bicyclic) bond motifs is 9. The molecule has 0 saturated carbocycles. The highest BCUT2D eigenvalue weighted by molar-refractivity contribution is 6.26. The molecule has 0 spiro atoms. The van der Waals surface area contributed by atoms with Crippen molar-refractivity contribution in [3.8, 4) is 22.3 Å². The van der Waals surface area contributed by atoms with E-state index in [1.165, 1.54) is 26.9 Å². The molecule has 1 heteroatoms. The van der Waals surface area contributed by atoms with Crippen molar-refractivity contribution < 1.29 is 11.3 Å². The second-order valence-corrected chi connectivity index (χ2v) is 10.5. The van der Waals surface area contributed by atoms with Gasteiger partial charge in [0.15, 0.2) is 0 Å². The van der Waals surface area contributed by atoms with Crippen LogP contribution in [0.1, 0.15) is 6.85 Å². The Morgan fingerprint density at radius 1 is 0.463 bits per heavy atom. The Bertz CT molecular complexity index is 2730.